The fraction of sp³-hybridized carbons (Fsp3) is 0.308. The van der Waals surface area contributed by atoms with Crippen LogP contribution in [-0.4, -0.2) is 41.2 Å². The molecule has 21 heavy (non-hydrogen) atoms. The molecule has 0 unspecified atom stereocenters. The van der Waals surface area contributed by atoms with Gasteiger partial charge in [-0.05, 0) is 17.7 Å². The summed E-state index contributed by atoms with van der Waals surface area (Å²) in [6, 6.07) is 2.35. The van der Waals surface area contributed by atoms with Gasteiger partial charge in [-0.25, -0.2) is 9.18 Å². The molecule has 0 bridgehead atoms. The zero-order valence-electron chi connectivity index (χ0n) is 11.1. The van der Waals surface area contributed by atoms with Crippen molar-refractivity contribution in [2.24, 2.45) is 0 Å². The molecule has 114 valence electrons. The smallest absolute Gasteiger partial charge is 0.326 e. The highest BCUT2D eigenvalue weighted by atomic mass is 19.1. The monoisotopic (exact) mass is 299 g/mol. The van der Waals surface area contributed by atoms with Crippen LogP contribution in [0.3, 0.4) is 0 Å². The maximum atomic E-state index is 13.4. The first-order valence-corrected chi connectivity index (χ1v) is 5.90. The van der Waals surface area contributed by atoms with Gasteiger partial charge < -0.3 is 20.3 Å². The standard InChI is InChI=1S/C13H14FNO6/c1-21-10-3-2-7(4-8(10)14)5-11(16)15-9(13(19)20)6-12(17)18/h2-4,9H,5-6H2,1H3,(H,15,16)(H,17,18)(H,19,20)/t9-/m1/s1. The van der Waals surface area contributed by atoms with Gasteiger partial charge >= 0.3 is 11.9 Å². The molecule has 0 heterocycles. The Morgan fingerprint density at radius 2 is 2.00 bits per heavy atom. The second-order valence-corrected chi connectivity index (χ2v) is 4.20. The molecule has 0 radical (unpaired) electrons. The van der Waals surface area contributed by atoms with Crippen molar-refractivity contribution in [1.82, 2.24) is 5.32 Å². The van der Waals surface area contributed by atoms with E-state index in [2.05, 4.69) is 5.32 Å². The van der Waals surface area contributed by atoms with Gasteiger partial charge in [0.1, 0.15) is 6.04 Å². The van der Waals surface area contributed by atoms with Crippen LogP contribution in [0.4, 0.5) is 4.39 Å². The number of methoxy groups -OCH3 is 1. The Labute approximate surface area is 119 Å². The van der Waals surface area contributed by atoms with E-state index < -0.39 is 36.1 Å². The van der Waals surface area contributed by atoms with Gasteiger partial charge in [0.15, 0.2) is 11.6 Å². The van der Waals surface area contributed by atoms with Crippen molar-refractivity contribution in [3.63, 3.8) is 0 Å². The average molecular weight is 299 g/mol. The third-order valence-corrected chi connectivity index (χ3v) is 2.59. The number of aliphatic carboxylic acids is 2. The van der Waals surface area contributed by atoms with Crippen LogP contribution in [0.5, 0.6) is 5.75 Å². The SMILES string of the molecule is COc1ccc(CC(=O)N[C@H](CC(=O)O)C(=O)O)cc1F. The second kappa shape index (κ2) is 7.22. The molecule has 0 aromatic heterocycles. The number of hydrogen-bond acceptors (Lipinski definition) is 4. The molecule has 1 rings (SSSR count). The van der Waals surface area contributed by atoms with E-state index in [1.807, 2.05) is 0 Å². The molecule has 0 aliphatic carbocycles. The fourth-order valence-electron chi connectivity index (χ4n) is 1.63. The number of halogens is 1. The van der Waals surface area contributed by atoms with Crippen molar-refractivity contribution >= 4 is 17.8 Å². The quantitative estimate of drug-likeness (QED) is 0.672. The van der Waals surface area contributed by atoms with E-state index in [0.717, 1.165) is 6.07 Å². The third kappa shape index (κ3) is 5.09. The molecule has 0 fully saturated rings. The Bertz CT molecular complexity index is 560. The average Bonchev–Trinajstić information content (AvgIpc) is 2.37. The van der Waals surface area contributed by atoms with Crippen molar-refractivity contribution in [2.75, 3.05) is 7.11 Å². The van der Waals surface area contributed by atoms with Crippen LogP contribution < -0.4 is 10.1 Å². The first-order valence-electron chi connectivity index (χ1n) is 5.90. The molecular formula is C13H14FNO6. The minimum absolute atomic E-state index is 0.0217. The number of rotatable bonds is 7. The van der Waals surface area contributed by atoms with E-state index in [0.29, 0.717) is 5.56 Å². The van der Waals surface area contributed by atoms with Crippen LogP contribution in [0, 0.1) is 5.82 Å². The number of carbonyl (C=O) groups excluding carboxylic acids is 1. The lowest BCUT2D eigenvalue weighted by Gasteiger charge is -2.12. The van der Waals surface area contributed by atoms with Gasteiger partial charge in [0, 0.05) is 0 Å². The van der Waals surface area contributed by atoms with Gasteiger partial charge in [-0.15, -0.1) is 0 Å². The highest BCUT2D eigenvalue weighted by Crippen LogP contribution is 2.17. The Morgan fingerprint density at radius 3 is 2.48 bits per heavy atom. The van der Waals surface area contributed by atoms with Crippen molar-refractivity contribution < 1.29 is 33.7 Å². The summed E-state index contributed by atoms with van der Waals surface area (Å²) in [4.78, 5) is 33.0. The number of hydrogen-bond donors (Lipinski definition) is 3. The molecule has 0 aliphatic heterocycles. The second-order valence-electron chi connectivity index (χ2n) is 4.20. The van der Waals surface area contributed by atoms with E-state index >= 15 is 0 Å². The van der Waals surface area contributed by atoms with Crippen LogP contribution >= 0.6 is 0 Å². The molecule has 0 aliphatic rings. The number of carboxylic acids is 2. The topological polar surface area (TPSA) is 113 Å². The van der Waals surface area contributed by atoms with Gasteiger partial charge in [-0.3, -0.25) is 9.59 Å². The Morgan fingerprint density at radius 1 is 1.33 bits per heavy atom. The molecule has 7 nitrogen and oxygen atoms in total. The van der Waals surface area contributed by atoms with Crippen molar-refractivity contribution in [3.05, 3.63) is 29.6 Å². The Balaban J connectivity index is 2.69. The summed E-state index contributed by atoms with van der Waals surface area (Å²) in [5.41, 5.74) is 0.310. The number of ether oxygens (including phenoxy) is 1. The summed E-state index contributed by atoms with van der Waals surface area (Å²) in [6.45, 7) is 0. The summed E-state index contributed by atoms with van der Waals surface area (Å²) in [5, 5.41) is 19.4. The summed E-state index contributed by atoms with van der Waals surface area (Å²) in [5.74, 6) is -4.14. The highest BCUT2D eigenvalue weighted by molar-refractivity contribution is 5.87. The zero-order chi connectivity index (χ0) is 16.0. The molecular weight excluding hydrogens is 285 g/mol. The molecule has 3 N–H and O–H groups in total. The number of carboxylic acid groups (broad SMARTS) is 2. The molecule has 1 amide bonds. The van der Waals surface area contributed by atoms with E-state index in [1.165, 1.54) is 19.2 Å². The van der Waals surface area contributed by atoms with Gasteiger partial charge in [0.05, 0.1) is 20.0 Å². The largest absolute Gasteiger partial charge is 0.494 e. The number of amides is 1. The van der Waals surface area contributed by atoms with Crippen molar-refractivity contribution in [1.29, 1.82) is 0 Å². The van der Waals surface area contributed by atoms with E-state index in [9.17, 15) is 18.8 Å². The number of benzene rings is 1. The fourth-order valence-corrected chi connectivity index (χ4v) is 1.63. The normalized spacial score (nSPS) is 11.5. The molecule has 1 aromatic rings. The highest BCUT2D eigenvalue weighted by Gasteiger charge is 2.23. The predicted octanol–water partition coefficient (Wildman–Crippen LogP) is 0.421. The lowest BCUT2D eigenvalue weighted by molar-refractivity contribution is -0.147. The van der Waals surface area contributed by atoms with Gasteiger partial charge in [0.25, 0.3) is 0 Å². The maximum Gasteiger partial charge on any atom is 0.326 e. The van der Waals surface area contributed by atoms with E-state index in [4.69, 9.17) is 14.9 Å². The van der Waals surface area contributed by atoms with Crippen LogP contribution in [-0.2, 0) is 20.8 Å². The van der Waals surface area contributed by atoms with Crippen LogP contribution in [0.15, 0.2) is 18.2 Å². The predicted molar refractivity (Wildman–Crippen MR) is 68.5 cm³/mol. The van der Waals surface area contributed by atoms with Crippen molar-refractivity contribution in [2.45, 2.75) is 18.9 Å². The minimum Gasteiger partial charge on any atom is -0.494 e. The third-order valence-electron chi connectivity index (χ3n) is 2.59. The lowest BCUT2D eigenvalue weighted by atomic mass is 10.1. The number of carbonyl (C=O) groups is 3. The van der Waals surface area contributed by atoms with Gasteiger partial charge in [-0.1, -0.05) is 6.07 Å². The van der Waals surface area contributed by atoms with E-state index in [1.54, 1.807) is 0 Å². The molecule has 1 aromatic carbocycles. The molecule has 1 atom stereocenters. The maximum absolute atomic E-state index is 13.4. The first kappa shape index (κ1) is 16.4. The van der Waals surface area contributed by atoms with Crippen LogP contribution in [0.1, 0.15) is 12.0 Å². The lowest BCUT2D eigenvalue weighted by Crippen LogP contribution is -2.42. The summed E-state index contributed by atoms with van der Waals surface area (Å²) < 4.78 is 18.2. The Kier molecular flexibility index (Phi) is 5.65. The minimum atomic E-state index is -1.53. The first-order chi connectivity index (χ1) is 9.83. The van der Waals surface area contributed by atoms with Crippen molar-refractivity contribution in [3.8, 4) is 5.75 Å². The van der Waals surface area contributed by atoms with Gasteiger partial charge in [0.2, 0.25) is 5.91 Å². The molecule has 0 spiro atoms. The van der Waals surface area contributed by atoms with Crippen LogP contribution in [0.25, 0.3) is 0 Å². The molecule has 8 heteroatoms. The van der Waals surface area contributed by atoms with Crippen LogP contribution in [0.2, 0.25) is 0 Å². The summed E-state index contributed by atoms with van der Waals surface area (Å²) in [6.07, 6.45) is -1.01. The molecule has 0 saturated heterocycles. The van der Waals surface area contributed by atoms with Gasteiger partial charge in [-0.2, -0.15) is 0 Å². The van der Waals surface area contributed by atoms with E-state index in [-0.39, 0.29) is 12.2 Å². The Hall–Kier alpha value is -2.64. The summed E-state index contributed by atoms with van der Waals surface area (Å²) >= 11 is 0. The number of nitrogens with one attached hydrogen (secondary N) is 1. The molecule has 0 saturated carbocycles. The zero-order valence-corrected chi connectivity index (χ0v) is 11.1. The summed E-state index contributed by atoms with van der Waals surface area (Å²) in [7, 11) is 1.30.